The Labute approximate surface area is 245 Å². The van der Waals surface area contributed by atoms with Gasteiger partial charge in [0, 0.05) is 19.4 Å². The number of rotatable bonds is 14. The van der Waals surface area contributed by atoms with E-state index in [1.165, 1.54) is 11.8 Å². The second-order valence-corrected chi connectivity index (χ2v) is 10.3. The van der Waals surface area contributed by atoms with Crippen LogP contribution in [-0.2, 0) is 14.3 Å². The summed E-state index contributed by atoms with van der Waals surface area (Å²) in [6.45, 7) is 9.35. The van der Waals surface area contributed by atoms with Gasteiger partial charge in [0.25, 0.3) is 5.92 Å². The quantitative estimate of drug-likeness (QED) is 0.217. The van der Waals surface area contributed by atoms with Crippen molar-refractivity contribution < 1.29 is 42.1 Å². The van der Waals surface area contributed by atoms with E-state index in [9.17, 15) is 23.2 Å². The van der Waals surface area contributed by atoms with Crippen LogP contribution >= 0.6 is 0 Å². The van der Waals surface area contributed by atoms with Crippen LogP contribution in [0.25, 0.3) is 0 Å². The van der Waals surface area contributed by atoms with Gasteiger partial charge in [0.15, 0.2) is 11.3 Å². The fourth-order valence-electron chi connectivity index (χ4n) is 5.12. The zero-order chi connectivity index (χ0) is 31.1. The van der Waals surface area contributed by atoms with Crippen molar-refractivity contribution in [2.45, 2.75) is 71.1 Å². The Morgan fingerprint density at radius 1 is 0.976 bits per heavy atom. The van der Waals surface area contributed by atoms with Gasteiger partial charge >= 0.3 is 12.0 Å². The third kappa shape index (κ3) is 7.56. The average molecular weight is 591 g/mol. The number of benzene rings is 2. The van der Waals surface area contributed by atoms with Gasteiger partial charge in [-0.1, -0.05) is 30.3 Å². The van der Waals surface area contributed by atoms with E-state index in [2.05, 4.69) is 5.32 Å². The molecule has 0 saturated heterocycles. The van der Waals surface area contributed by atoms with Gasteiger partial charge in [-0.15, -0.1) is 0 Å². The molecule has 11 heteroatoms. The Kier molecular flexibility index (Phi) is 10.9. The normalized spacial score (nSPS) is 16.4. The van der Waals surface area contributed by atoms with Crippen molar-refractivity contribution in [1.29, 1.82) is 0 Å². The molecule has 2 amide bonds. The molecule has 1 fully saturated rings. The van der Waals surface area contributed by atoms with E-state index in [-0.39, 0.29) is 43.8 Å². The summed E-state index contributed by atoms with van der Waals surface area (Å²) in [5.74, 6) is -3.68. The lowest BCUT2D eigenvalue weighted by molar-refractivity contribution is -0.178. The monoisotopic (exact) mass is 590 g/mol. The molecule has 1 N–H and O–H groups in total. The number of carbonyl (C=O) groups excluding carboxylic acids is 3. The number of carbonyl (C=O) groups is 3. The Morgan fingerprint density at radius 2 is 1.55 bits per heavy atom. The van der Waals surface area contributed by atoms with E-state index in [1.807, 2.05) is 37.3 Å². The number of hydrogen-bond donors (Lipinski definition) is 1. The van der Waals surface area contributed by atoms with Crippen LogP contribution in [0.2, 0.25) is 0 Å². The fourth-order valence-corrected chi connectivity index (χ4v) is 5.12. The van der Waals surface area contributed by atoms with Crippen molar-refractivity contribution in [3.63, 3.8) is 0 Å². The number of halogens is 2. The largest absolute Gasteiger partial charge is 0.493 e. The molecule has 0 radical (unpaired) electrons. The molecule has 2 aromatic carbocycles. The maximum atomic E-state index is 13.9. The van der Waals surface area contributed by atoms with Gasteiger partial charge in [-0.3, -0.25) is 4.79 Å². The molecule has 0 aromatic heterocycles. The number of urea groups is 1. The zero-order valence-electron chi connectivity index (χ0n) is 25.0. The first-order chi connectivity index (χ1) is 19.9. The van der Waals surface area contributed by atoms with Crippen LogP contribution in [0, 0.1) is 0 Å². The smallest absolute Gasteiger partial charge is 0.332 e. The van der Waals surface area contributed by atoms with E-state index >= 15 is 0 Å². The van der Waals surface area contributed by atoms with Crippen molar-refractivity contribution in [2.24, 2.45) is 0 Å². The maximum Gasteiger partial charge on any atom is 0.332 e. The summed E-state index contributed by atoms with van der Waals surface area (Å²) >= 11 is 0. The van der Waals surface area contributed by atoms with Crippen molar-refractivity contribution in [3.05, 3.63) is 59.2 Å². The van der Waals surface area contributed by atoms with Crippen LogP contribution in [-0.4, -0.2) is 67.6 Å². The highest BCUT2D eigenvalue weighted by Crippen LogP contribution is 2.46. The topological polar surface area (TPSA) is 103 Å². The molecule has 0 heterocycles. The standard InChI is InChI=1S/C31H40F2N2O7/c1-7-40-25-16-24(17-26(41-8-2)27(25)21(4)36)20(3)35(14-15-42-22(5)23-12-10-9-11-13-23)29(38)34-30(28(37)39-6)18-31(32,33)19-30/h9-13,16-17,20,22H,7-8,14-15,18-19H2,1-6H3,(H,34,38)/t20?,22-/m0/s1. The minimum Gasteiger partial charge on any atom is -0.493 e. The lowest BCUT2D eigenvalue weighted by Crippen LogP contribution is -2.68. The van der Waals surface area contributed by atoms with Gasteiger partial charge in [0.1, 0.15) is 17.1 Å². The summed E-state index contributed by atoms with van der Waals surface area (Å²) in [6, 6.07) is 11.5. The van der Waals surface area contributed by atoms with Crippen molar-refractivity contribution in [1.82, 2.24) is 10.2 Å². The molecule has 9 nitrogen and oxygen atoms in total. The van der Waals surface area contributed by atoms with E-state index in [4.69, 9.17) is 18.9 Å². The number of amides is 2. The average Bonchev–Trinajstić information content (AvgIpc) is 2.93. The highest BCUT2D eigenvalue weighted by Gasteiger charge is 2.63. The van der Waals surface area contributed by atoms with E-state index < -0.39 is 42.3 Å². The number of Topliss-reactive ketones (excluding diaryl/α,β-unsaturated/α-hetero) is 1. The third-order valence-electron chi connectivity index (χ3n) is 7.26. The number of hydrogen-bond acceptors (Lipinski definition) is 7. The SMILES string of the molecule is CCOc1cc(C(C)N(CCO[C@@H](C)c2ccccc2)C(=O)NC2(C(=O)OC)CC(F)(F)C2)cc(OCC)c1C(C)=O. The summed E-state index contributed by atoms with van der Waals surface area (Å²) in [6.07, 6.45) is -2.00. The lowest BCUT2D eigenvalue weighted by atomic mass is 9.73. The first-order valence-corrected chi connectivity index (χ1v) is 14.0. The fraction of sp³-hybridized carbons (Fsp3) is 0.516. The minimum atomic E-state index is -3.10. The number of ketones is 1. The number of methoxy groups -OCH3 is 1. The van der Waals surface area contributed by atoms with E-state index in [0.717, 1.165) is 12.7 Å². The molecule has 3 rings (SSSR count). The Morgan fingerprint density at radius 3 is 2.02 bits per heavy atom. The van der Waals surface area contributed by atoms with E-state index in [1.54, 1.807) is 32.9 Å². The molecular weight excluding hydrogens is 550 g/mol. The summed E-state index contributed by atoms with van der Waals surface area (Å²) in [5.41, 5.74) is -0.0432. The highest BCUT2D eigenvalue weighted by atomic mass is 19.3. The molecule has 2 atom stereocenters. The number of ether oxygens (including phenoxy) is 4. The molecule has 1 unspecified atom stereocenters. The lowest BCUT2D eigenvalue weighted by Gasteiger charge is -2.46. The molecule has 0 spiro atoms. The van der Waals surface area contributed by atoms with Crippen LogP contribution in [0.15, 0.2) is 42.5 Å². The maximum absolute atomic E-state index is 13.9. The van der Waals surface area contributed by atoms with Gasteiger partial charge in [-0.05, 0) is 57.9 Å². The highest BCUT2D eigenvalue weighted by molar-refractivity contribution is 6.00. The van der Waals surface area contributed by atoms with Gasteiger partial charge in [-0.2, -0.15) is 0 Å². The third-order valence-corrected chi connectivity index (χ3v) is 7.26. The summed E-state index contributed by atoms with van der Waals surface area (Å²) in [5, 5.41) is 2.53. The molecular formula is C31H40F2N2O7. The van der Waals surface area contributed by atoms with Gasteiger partial charge in [0.05, 0.1) is 39.1 Å². The second kappa shape index (κ2) is 14.0. The number of esters is 1. The second-order valence-electron chi connectivity index (χ2n) is 10.3. The molecule has 0 bridgehead atoms. The van der Waals surface area contributed by atoms with Crippen LogP contribution < -0.4 is 14.8 Å². The Hall–Kier alpha value is -3.73. The van der Waals surface area contributed by atoms with E-state index in [0.29, 0.717) is 17.1 Å². The number of alkyl halides is 2. The number of nitrogens with one attached hydrogen (secondary N) is 1. The molecule has 42 heavy (non-hydrogen) atoms. The summed E-state index contributed by atoms with van der Waals surface area (Å²) < 4.78 is 50.2. The molecule has 2 aromatic rings. The number of nitrogens with zero attached hydrogens (tertiary/aromatic N) is 1. The minimum absolute atomic E-state index is 0.0558. The van der Waals surface area contributed by atoms with Crippen molar-refractivity contribution >= 4 is 17.8 Å². The predicted octanol–water partition coefficient (Wildman–Crippen LogP) is 5.88. The predicted molar refractivity (Wildman–Crippen MR) is 152 cm³/mol. The molecule has 1 saturated carbocycles. The van der Waals surface area contributed by atoms with Gasteiger partial charge in [-0.25, -0.2) is 18.4 Å². The van der Waals surface area contributed by atoms with Crippen LogP contribution in [0.4, 0.5) is 13.6 Å². The van der Waals surface area contributed by atoms with Gasteiger partial charge in [0.2, 0.25) is 0 Å². The summed E-state index contributed by atoms with van der Waals surface area (Å²) in [7, 11) is 1.09. The molecule has 1 aliphatic rings. The Bertz CT molecular complexity index is 1220. The molecule has 0 aliphatic heterocycles. The summed E-state index contributed by atoms with van der Waals surface area (Å²) in [4.78, 5) is 40.1. The van der Waals surface area contributed by atoms with Gasteiger partial charge < -0.3 is 29.2 Å². The van der Waals surface area contributed by atoms with Crippen LogP contribution in [0.3, 0.4) is 0 Å². The Balaban J connectivity index is 1.95. The zero-order valence-corrected chi connectivity index (χ0v) is 25.0. The molecule has 1 aliphatic carbocycles. The van der Waals surface area contributed by atoms with Crippen molar-refractivity contribution in [3.8, 4) is 11.5 Å². The first-order valence-electron chi connectivity index (χ1n) is 14.0. The van der Waals surface area contributed by atoms with Crippen LogP contribution in [0.5, 0.6) is 11.5 Å². The van der Waals surface area contributed by atoms with Crippen molar-refractivity contribution in [2.75, 3.05) is 33.5 Å². The first kappa shape index (κ1) is 32.8. The van der Waals surface area contributed by atoms with Crippen LogP contribution in [0.1, 0.15) is 81.1 Å². The molecule has 230 valence electrons.